The highest BCUT2D eigenvalue weighted by atomic mass is 35.5. The van der Waals surface area contributed by atoms with Crippen LogP contribution in [-0.4, -0.2) is 20.3 Å². The second kappa shape index (κ2) is 8.77. The summed E-state index contributed by atoms with van der Waals surface area (Å²) in [5.41, 5.74) is 0.866. The fourth-order valence-corrected chi connectivity index (χ4v) is 3.96. The Labute approximate surface area is 189 Å². The summed E-state index contributed by atoms with van der Waals surface area (Å²) in [5, 5.41) is 13.2. The summed E-state index contributed by atoms with van der Waals surface area (Å²) in [6.45, 7) is 1.65. The number of ether oxygens (including phenoxy) is 2. The maximum absolute atomic E-state index is 12.3. The number of thiazole rings is 1. The molecule has 0 fully saturated rings. The van der Waals surface area contributed by atoms with Crippen LogP contribution in [0.15, 0.2) is 58.7 Å². The van der Waals surface area contributed by atoms with Crippen LogP contribution >= 0.6 is 22.9 Å². The fourth-order valence-electron chi connectivity index (χ4n) is 2.90. The zero-order valence-corrected chi connectivity index (χ0v) is 18.1. The number of benzene rings is 2. The first-order valence-corrected chi connectivity index (χ1v) is 10.4. The van der Waals surface area contributed by atoms with E-state index in [2.05, 4.69) is 4.98 Å². The summed E-state index contributed by atoms with van der Waals surface area (Å²) < 4.78 is 12.3. The SMILES string of the molecule is Cc1csc2nc(COC(=O)c3ccc(Oc4ccc(Cl)cc4[N+](=O)[O-])cc3)cc(=O)n12. The Bertz CT molecular complexity index is 1400. The van der Waals surface area contributed by atoms with Crippen LogP contribution in [0.1, 0.15) is 21.7 Å². The molecule has 11 heteroatoms. The number of hydrogen-bond acceptors (Lipinski definition) is 8. The number of aromatic nitrogens is 2. The van der Waals surface area contributed by atoms with Crippen LogP contribution < -0.4 is 10.3 Å². The molecular weight excluding hydrogens is 458 g/mol. The maximum Gasteiger partial charge on any atom is 0.338 e. The van der Waals surface area contributed by atoms with Gasteiger partial charge in [-0.3, -0.25) is 19.3 Å². The molecule has 0 radical (unpaired) electrons. The third-order valence-electron chi connectivity index (χ3n) is 4.42. The fraction of sp³-hybridized carbons (Fsp3) is 0.0952. The van der Waals surface area contributed by atoms with Crippen LogP contribution in [0.3, 0.4) is 0 Å². The summed E-state index contributed by atoms with van der Waals surface area (Å²) in [6.07, 6.45) is 0. The quantitative estimate of drug-likeness (QED) is 0.226. The standard InChI is InChI=1S/C21H14ClN3O6S/c1-12-11-32-21-23-15(9-19(26)24(12)21)10-30-20(27)13-2-5-16(6-3-13)31-18-7-4-14(22)8-17(18)25(28)29/h2-9,11H,10H2,1H3. The number of rotatable bonds is 6. The number of carbonyl (C=O) groups excluding carboxylic acids is 1. The molecule has 32 heavy (non-hydrogen) atoms. The monoisotopic (exact) mass is 471 g/mol. The van der Waals surface area contributed by atoms with Gasteiger partial charge in [-0.2, -0.15) is 0 Å². The number of esters is 1. The first-order valence-electron chi connectivity index (χ1n) is 9.17. The molecule has 0 saturated heterocycles. The Morgan fingerprint density at radius 3 is 2.69 bits per heavy atom. The largest absolute Gasteiger partial charge is 0.456 e. The summed E-state index contributed by atoms with van der Waals surface area (Å²) in [5.74, 6) is -0.301. The number of hydrogen-bond donors (Lipinski definition) is 0. The molecule has 0 N–H and O–H groups in total. The number of fused-ring (bicyclic) bond motifs is 1. The molecule has 0 aliphatic carbocycles. The van der Waals surface area contributed by atoms with Crippen molar-refractivity contribution in [2.75, 3.05) is 0 Å². The smallest absolute Gasteiger partial charge is 0.338 e. The molecule has 0 bridgehead atoms. The van der Waals surface area contributed by atoms with E-state index in [0.29, 0.717) is 16.4 Å². The minimum Gasteiger partial charge on any atom is -0.456 e. The lowest BCUT2D eigenvalue weighted by Crippen LogP contribution is -2.16. The van der Waals surface area contributed by atoms with Crippen molar-refractivity contribution in [3.05, 3.63) is 96.4 Å². The van der Waals surface area contributed by atoms with Gasteiger partial charge >= 0.3 is 11.7 Å². The Morgan fingerprint density at radius 1 is 1.22 bits per heavy atom. The topological polar surface area (TPSA) is 113 Å². The molecule has 4 rings (SSSR count). The molecule has 162 valence electrons. The normalized spacial score (nSPS) is 10.8. The number of aryl methyl sites for hydroxylation is 1. The second-order valence-electron chi connectivity index (χ2n) is 6.65. The van der Waals surface area contributed by atoms with Crippen molar-refractivity contribution in [1.29, 1.82) is 0 Å². The molecule has 2 heterocycles. The molecule has 0 saturated carbocycles. The van der Waals surface area contributed by atoms with Crippen LogP contribution in [0.5, 0.6) is 11.5 Å². The Balaban J connectivity index is 1.44. The molecule has 0 spiro atoms. The van der Waals surface area contributed by atoms with E-state index in [9.17, 15) is 19.7 Å². The zero-order valence-electron chi connectivity index (χ0n) is 16.5. The summed E-state index contributed by atoms with van der Waals surface area (Å²) >= 11 is 7.12. The Kier molecular flexibility index (Phi) is 5.89. The van der Waals surface area contributed by atoms with Gasteiger partial charge in [0, 0.05) is 28.2 Å². The summed E-state index contributed by atoms with van der Waals surface area (Å²) in [6, 6.07) is 11.3. The molecule has 4 aromatic rings. The van der Waals surface area contributed by atoms with Gasteiger partial charge in [-0.05, 0) is 43.3 Å². The Hall–Kier alpha value is -3.76. The molecule has 0 amide bonds. The van der Waals surface area contributed by atoms with Crippen molar-refractivity contribution < 1.29 is 19.2 Å². The van der Waals surface area contributed by atoms with Crippen molar-refractivity contribution >= 4 is 39.6 Å². The molecule has 0 atom stereocenters. The van der Waals surface area contributed by atoms with Crippen LogP contribution in [0, 0.1) is 17.0 Å². The highest BCUT2D eigenvalue weighted by Gasteiger charge is 2.17. The highest BCUT2D eigenvalue weighted by molar-refractivity contribution is 7.15. The van der Waals surface area contributed by atoms with E-state index in [0.717, 1.165) is 5.69 Å². The van der Waals surface area contributed by atoms with Crippen molar-refractivity contribution in [3.8, 4) is 11.5 Å². The molecule has 0 unspecified atom stereocenters. The zero-order chi connectivity index (χ0) is 22.8. The average Bonchev–Trinajstić information content (AvgIpc) is 3.14. The van der Waals surface area contributed by atoms with E-state index < -0.39 is 10.9 Å². The van der Waals surface area contributed by atoms with Crippen molar-refractivity contribution in [3.63, 3.8) is 0 Å². The van der Waals surface area contributed by atoms with E-state index in [1.165, 1.54) is 64.3 Å². The lowest BCUT2D eigenvalue weighted by molar-refractivity contribution is -0.385. The van der Waals surface area contributed by atoms with Gasteiger partial charge in [-0.15, -0.1) is 11.3 Å². The second-order valence-corrected chi connectivity index (χ2v) is 7.93. The van der Waals surface area contributed by atoms with E-state index in [4.69, 9.17) is 21.1 Å². The van der Waals surface area contributed by atoms with E-state index in [1.54, 1.807) is 0 Å². The summed E-state index contributed by atoms with van der Waals surface area (Å²) in [4.78, 5) is 40.0. The van der Waals surface area contributed by atoms with E-state index in [-0.39, 0.29) is 34.2 Å². The third-order valence-corrected chi connectivity index (χ3v) is 5.59. The van der Waals surface area contributed by atoms with Gasteiger partial charge < -0.3 is 9.47 Å². The summed E-state index contributed by atoms with van der Waals surface area (Å²) in [7, 11) is 0. The van der Waals surface area contributed by atoms with Crippen molar-refractivity contribution in [2.24, 2.45) is 0 Å². The van der Waals surface area contributed by atoms with E-state index in [1.807, 2.05) is 12.3 Å². The molecule has 0 aliphatic heterocycles. The van der Waals surface area contributed by atoms with Crippen LogP contribution in [0.4, 0.5) is 5.69 Å². The average molecular weight is 472 g/mol. The highest BCUT2D eigenvalue weighted by Crippen LogP contribution is 2.33. The van der Waals surface area contributed by atoms with Crippen LogP contribution in [0.2, 0.25) is 5.02 Å². The van der Waals surface area contributed by atoms with Gasteiger partial charge in [-0.1, -0.05) is 11.6 Å². The van der Waals surface area contributed by atoms with Crippen LogP contribution in [0.25, 0.3) is 4.96 Å². The predicted octanol–water partition coefficient (Wildman–Crippen LogP) is 4.78. The van der Waals surface area contributed by atoms with Gasteiger partial charge in [0.1, 0.15) is 12.4 Å². The number of nitro benzene ring substituents is 1. The van der Waals surface area contributed by atoms with Gasteiger partial charge in [0.05, 0.1) is 16.2 Å². The minimum atomic E-state index is -0.613. The lowest BCUT2D eigenvalue weighted by Gasteiger charge is -2.08. The first kappa shape index (κ1) is 21.5. The lowest BCUT2D eigenvalue weighted by atomic mass is 10.2. The molecule has 9 nitrogen and oxygen atoms in total. The Morgan fingerprint density at radius 2 is 1.97 bits per heavy atom. The maximum atomic E-state index is 12.3. The van der Waals surface area contributed by atoms with Gasteiger partial charge in [0.2, 0.25) is 5.75 Å². The number of nitrogens with zero attached hydrogens (tertiary/aromatic N) is 3. The number of nitro groups is 1. The predicted molar refractivity (Wildman–Crippen MR) is 118 cm³/mol. The van der Waals surface area contributed by atoms with Crippen molar-refractivity contribution in [1.82, 2.24) is 9.38 Å². The van der Waals surface area contributed by atoms with Crippen molar-refractivity contribution in [2.45, 2.75) is 13.5 Å². The van der Waals surface area contributed by atoms with Gasteiger partial charge in [0.15, 0.2) is 4.96 Å². The molecule has 0 aliphatic rings. The molecular formula is C21H14ClN3O6S. The van der Waals surface area contributed by atoms with E-state index >= 15 is 0 Å². The van der Waals surface area contributed by atoms with Crippen LogP contribution in [-0.2, 0) is 11.3 Å². The third kappa shape index (κ3) is 4.46. The minimum absolute atomic E-state index is 0.0197. The van der Waals surface area contributed by atoms with Gasteiger partial charge in [-0.25, -0.2) is 9.78 Å². The van der Waals surface area contributed by atoms with Gasteiger partial charge in [0.25, 0.3) is 5.56 Å². The number of halogens is 1. The number of carbonyl (C=O) groups is 1. The molecule has 2 aromatic carbocycles. The first-order chi connectivity index (χ1) is 15.3. The molecule has 2 aromatic heterocycles.